The van der Waals surface area contributed by atoms with E-state index in [0.717, 1.165) is 23.7 Å². The maximum atomic E-state index is 6.08. The van der Waals surface area contributed by atoms with Crippen LogP contribution in [0.15, 0.2) is 29.3 Å². The highest BCUT2D eigenvalue weighted by molar-refractivity contribution is 14.0. The molecular weight excluding hydrogens is 439 g/mol. The Hall–Kier alpha value is -0.860. The Bertz CT molecular complexity index is 542. The van der Waals surface area contributed by atoms with Crippen LogP contribution >= 0.6 is 24.0 Å². The van der Waals surface area contributed by atoms with Crippen LogP contribution in [-0.4, -0.2) is 44.1 Å². The molecule has 0 spiro atoms. The molecule has 5 nitrogen and oxygen atoms in total. The summed E-state index contributed by atoms with van der Waals surface area (Å²) in [4.78, 5) is 7.15. The number of nitrogens with two attached hydrogens (primary N) is 1. The molecule has 2 rings (SSSR count). The van der Waals surface area contributed by atoms with Crippen LogP contribution in [0.2, 0.25) is 0 Å². The zero-order valence-corrected chi connectivity index (χ0v) is 18.7. The lowest BCUT2D eigenvalue weighted by Gasteiger charge is -2.31. The number of nitrogens with zero attached hydrogens (tertiary/aromatic N) is 2. The molecule has 1 aromatic rings. The Labute approximate surface area is 175 Å². The SMILES string of the molecule is COCc1ccccc1NC(N)=NCC1CCN(CCC(C)C)CC1.I. The molecule has 1 heterocycles. The molecule has 1 aliphatic heterocycles. The quantitative estimate of drug-likeness (QED) is 0.341. The van der Waals surface area contributed by atoms with E-state index in [-0.39, 0.29) is 24.0 Å². The first-order valence-electron chi connectivity index (χ1n) is 9.44. The summed E-state index contributed by atoms with van der Waals surface area (Å²) in [5, 5.41) is 3.21. The smallest absolute Gasteiger partial charge is 0.193 e. The van der Waals surface area contributed by atoms with Crippen molar-refractivity contribution in [2.24, 2.45) is 22.6 Å². The molecule has 1 aliphatic rings. The molecule has 26 heavy (non-hydrogen) atoms. The summed E-state index contributed by atoms with van der Waals surface area (Å²) in [5.74, 6) is 1.92. The summed E-state index contributed by atoms with van der Waals surface area (Å²) in [6, 6.07) is 8.03. The van der Waals surface area contributed by atoms with Crippen LogP contribution < -0.4 is 11.1 Å². The molecule has 6 heteroatoms. The van der Waals surface area contributed by atoms with Gasteiger partial charge in [-0.2, -0.15) is 0 Å². The number of rotatable bonds is 8. The molecule has 1 fully saturated rings. The minimum Gasteiger partial charge on any atom is -0.380 e. The van der Waals surface area contributed by atoms with E-state index in [0.29, 0.717) is 18.5 Å². The number of aliphatic imine (C=N–C) groups is 1. The van der Waals surface area contributed by atoms with E-state index in [1.54, 1.807) is 7.11 Å². The van der Waals surface area contributed by atoms with Gasteiger partial charge in [-0.15, -0.1) is 24.0 Å². The lowest BCUT2D eigenvalue weighted by atomic mass is 9.96. The highest BCUT2D eigenvalue weighted by Gasteiger charge is 2.18. The number of halogens is 1. The number of methoxy groups -OCH3 is 1. The zero-order chi connectivity index (χ0) is 18.1. The average molecular weight is 474 g/mol. The second-order valence-corrected chi connectivity index (χ2v) is 7.41. The number of hydrogen-bond acceptors (Lipinski definition) is 3. The van der Waals surface area contributed by atoms with Gasteiger partial charge < -0.3 is 20.7 Å². The van der Waals surface area contributed by atoms with Gasteiger partial charge in [0.05, 0.1) is 6.61 Å². The normalized spacial score (nSPS) is 16.5. The number of para-hydroxylation sites is 1. The standard InChI is InChI=1S/C20H34N4O.HI/c1-16(2)8-11-24-12-9-17(10-13-24)14-22-20(21)23-19-7-5-4-6-18(19)15-25-3;/h4-7,16-17H,8-15H2,1-3H3,(H3,21,22,23);1H. The van der Waals surface area contributed by atoms with Crippen molar-refractivity contribution in [3.05, 3.63) is 29.8 Å². The van der Waals surface area contributed by atoms with E-state index in [2.05, 4.69) is 29.1 Å². The number of guanidine groups is 1. The van der Waals surface area contributed by atoms with Gasteiger partial charge >= 0.3 is 0 Å². The van der Waals surface area contributed by atoms with Crippen molar-refractivity contribution >= 4 is 35.6 Å². The summed E-state index contributed by atoms with van der Waals surface area (Å²) in [6.07, 6.45) is 3.73. The molecule has 1 aromatic carbocycles. The molecule has 0 aromatic heterocycles. The minimum atomic E-state index is 0. The molecule has 1 saturated heterocycles. The fourth-order valence-electron chi connectivity index (χ4n) is 3.16. The Balaban J connectivity index is 0.00000338. The maximum Gasteiger partial charge on any atom is 0.193 e. The Morgan fingerprint density at radius 2 is 2.00 bits per heavy atom. The van der Waals surface area contributed by atoms with Gasteiger partial charge in [-0.25, -0.2) is 0 Å². The van der Waals surface area contributed by atoms with Crippen molar-refractivity contribution in [2.45, 2.75) is 39.7 Å². The van der Waals surface area contributed by atoms with Crippen LogP contribution in [0.4, 0.5) is 5.69 Å². The zero-order valence-electron chi connectivity index (χ0n) is 16.4. The fraction of sp³-hybridized carbons (Fsp3) is 0.650. The number of nitrogens with one attached hydrogen (secondary N) is 1. The molecule has 0 bridgehead atoms. The summed E-state index contributed by atoms with van der Waals surface area (Å²) in [6.45, 7) is 9.57. The van der Waals surface area contributed by atoms with Gasteiger partial charge in [-0.3, -0.25) is 4.99 Å². The van der Waals surface area contributed by atoms with Gasteiger partial charge in [-0.05, 0) is 56.8 Å². The third kappa shape index (κ3) is 8.22. The van der Waals surface area contributed by atoms with Crippen LogP contribution in [0.1, 0.15) is 38.7 Å². The van der Waals surface area contributed by atoms with E-state index < -0.39 is 0 Å². The van der Waals surface area contributed by atoms with Crippen LogP contribution in [0.3, 0.4) is 0 Å². The topological polar surface area (TPSA) is 62.9 Å². The molecular formula is C20H35IN4O. The number of hydrogen-bond donors (Lipinski definition) is 2. The maximum absolute atomic E-state index is 6.08. The Kier molecular flexibility index (Phi) is 11.2. The molecule has 0 aliphatic carbocycles. The molecule has 0 atom stereocenters. The Morgan fingerprint density at radius 3 is 2.65 bits per heavy atom. The first kappa shape index (κ1) is 23.2. The second-order valence-electron chi connectivity index (χ2n) is 7.41. The number of piperidine rings is 1. The number of likely N-dealkylation sites (tertiary alicyclic amines) is 1. The van der Waals surface area contributed by atoms with E-state index in [9.17, 15) is 0 Å². The van der Waals surface area contributed by atoms with E-state index in [4.69, 9.17) is 10.5 Å². The largest absolute Gasteiger partial charge is 0.380 e. The first-order valence-corrected chi connectivity index (χ1v) is 9.44. The van der Waals surface area contributed by atoms with Crippen molar-refractivity contribution in [1.29, 1.82) is 0 Å². The number of ether oxygens (including phenoxy) is 1. The molecule has 0 radical (unpaired) electrons. The van der Waals surface area contributed by atoms with Crippen LogP contribution in [0.5, 0.6) is 0 Å². The van der Waals surface area contributed by atoms with Crippen LogP contribution in [0, 0.1) is 11.8 Å². The van der Waals surface area contributed by atoms with Crippen molar-refractivity contribution in [3.8, 4) is 0 Å². The van der Waals surface area contributed by atoms with Crippen LogP contribution in [0.25, 0.3) is 0 Å². The molecule has 0 saturated carbocycles. The van der Waals surface area contributed by atoms with Gasteiger partial charge in [0.25, 0.3) is 0 Å². The predicted molar refractivity (Wildman–Crippen MR) is 121 cm³/mol. The van der Waals surface area contributed by atoms with Gasteiger partial charge in [-0.1, -0.05) is 32.0 Å². The lowest BCUT2D eigenvalue weighted by molar-refractivity contribution is 0.180. The van der Waals surface area contributed by atoms with E-state index in [1.165, 1.54) is 38.9 Å². The summed E-state index contributed by atoms with van der Waals surface area (Å²) < 4.78 is 5.22. The Morgan fingerprint density at radius 1 is 1.31 bits per heavy atom. The molecule has 0 unspecified atom stereocenters. The first-order chi connectivity index (χ1) is 12.1. The fourth-order valence-corrected chi connectivity index (χ4v) is 3.16. The van der Waals surface area contributed by atoms with Gasteiger partial charge in [0.1, 0.15) is 0 Å². The number of benzene rings is 1. The van der Waals surface area contributed by atoms with Crippen LogP contribution in [-0.2, 0) is 11.3 Å². The predicted octanol–water partition coefficient (Wildman–Crippen LogP) is 3.94. The summed E-state index contributed by atoms with van der Waals surface area (Å²) in [5.41, 5.74) is 8.14. The number of anilines is 1. The third-order valence-electron chi connectivity index (χ3n) is 4.83. The average Bonchev–Trinajstić information content (AvgIpc) is 2.61. The third-order valence-corrected chi connectivity index (χ3v) is 4.83. The van der Waals surface area contributed by atoms with E-state index in [1.807, 2.05) is 24.3 Å². The molecule has 0 amide bonds. The second kappa shape index (κ2) is 12.5. The van der Waals surface area contributed by atoms with Crippen molar-refractivity contribution < 1.29 is 4.74 Å². The minimum absolute atomic E-state index is 0. The molecule has 3 N–H and O–H groups in total. The van der Waals surface area contributed by atoms with Gasteiger partial charge in [0.15, 0.2) is 5.96 Å². The van der Waals surface area contributed by atoms with E-state index >= 15 is 0 Å². The summed E-state index contributed by atoms with van der Waals surface area (Å²) in [7, 11) is 1.70. The van der Waals surface area contributed by atoms with Crippen molar-refractivity contribution in [3.63, 3.8) is 0 Å². The lowest BCUT2D eigenvalue weighted by Crippen LogP contribution is -2.36. The van der Waals surface area contributed by atoms with Crippen molar-refractivity contribution in [2.75, 3.05) is 38.6 Å². The van der Waals surface area contributed by atoms with Gasteiger partial charge in [0.2, 0.25) is 0 Å². The monoisotopic (exact) mass is 474 g/mol. The highest BCUT2D eigenvalue weighted by Crippen LogP contribution is 2.19. The van der Waals surface area contributed by atoms with Gasteiger partial charge in [0, 0.05) is 24.9 Å². The highest BCUT2D eigenvalue weighted by atomic mass is 127. The molecule has 148 valence electrons. The van der Waals surface area contributed by atoms with Crippen molar-refractivity contribution in [1.82, 2.24) is 4.90 Å². The summed E-state index contributed by atoms with van der Waals surface area (Å²) >= 11 is 0.